The van der Waals surface area contributed by atoms with Gasteiger partial charge < -0.3 is 5.71 Å². The van der Waals surface area contributed by atoms with Crippen LogP contribution in [0.4, 0.5) is 0 Å². The third-order valence-corrected chi connectivity index (χ3v) is 0. The monoisotopic (exact) mass is 198 g/mol. The van der Waals surface area contributed by atoms with Crippen molar-refractivity contribution < 1.29 is 19.0 Å². The first-order valence-corrected chi connectivity index (χ1v) is 3.10. The summed E-state index contributed by atoms with van der Waals surface area (Å²) in [4.78, 5) is 0. The fraction of sp³-hybridized carbons (Fsp3) is 0. The smallest absolute Gasteiger partial charge is 1.00 e. The Kier molecular flexibility index (Phi) is 16.2. The molecule has 0 aromatic rings. The Balaban J connectivity index is -0.00000000533. The molecule has 0 radical (unpaired) electrons. The van der Waals surface area contributed by atoms with E-state index in [-0.39, 0.29) is 81.2 Å². The van der Waals surface area contributed by atoms with Crippen molar-refractivity contribution in [1.82, 2.24) is 0 Å². The first kappa shape index (κ1) is 16.4. The summed E-state index contributed by atoms with van der Waals surface area (Å²) < 4.78 is 24.0. The second kappa shape index (κ2) is 6.92. The maximum atomic E-state index is 9.11. The Morgan fingerprint density at radius 3 is 1.43 bits per heavy atom. The van der Waals surface area contributed by atoms with Crippen molar-refractivity contribution in [2.75, 3.05) is 0 Å². The van der Waals surface area contributed by atoms with Crippen LogP contribution in [0.1, 0.15) is 5.71 Å². The average molecular weight is 198 g/mol. The van der Waals surface area contributed by atoms with Gasteiger partial charge in [0.25, 0.3) is 9.05 Å². The molecule has 0 aromatic carbocycles. The van der Waals surface area contributed by atoms with E-state index in [0.29, 0.717) is 0 Å². The quantitative estimate of drug-likeness (QED) is 0.509. The topological polar surface area (TPSA) is 57.5 Å². The first-order chi connectivity index (χ1) is 2.00. The zero-order valence-electron chi connectivity index (χ0n) is 7.53. The van der Waals surface area contributed by atoms with Crippen LogP contribution in [0.15, 0.2) is 0 Å². The van der Waals surface area contributed by atoms with Crippen LogP contribution in [0.2, 0.25) is 0 Å². The van der Waals surface area contributed by atoms with E-state index in [1.54, 1.807) is 0 Å². The van der Waals surface area contributed by atoms with Gasteiger partial charge in [0.1, 0.15) is 0 Å². The van der Waals surface area contributed by atoms with Gasteiger partial charge in [0.15, 0.2) is 0 Å². The van der Waals surface area contributed by atoms with Gasteiger partial charge in [0.2, 0.25) is 0 Å². The van der Waals surface area contributed by atoms with Crippen molar-refractivity contribution in [3.63, 3.8) is 0 Å². The average Bonchev–Trinajstić information content (AvgIpc) is 0.722. The van der Waals surface area contributed by atoms with Crippen LogP contribution < -0.4 is 0 Å². The number of hydrogen-bond acceptors (Lipinski definition) is 2. The molecule has 40 valence electrons. The second-order valence-corrected chi connectivity index (χ2v) is 2.65. The molecule has 0 saturated heterocycles. The molecule has 7 heavy (non-hydrogen) atoms. The Morgan fingerprint density at radius 2 is 1.43 bits per heavy atom. The van der Waals surface area contributed by atoms with Gasteiger partial charge >= 0.3 is 75.5 Å². The van der Waals surface area contributed by atoms with Crippen LogP contribution in [0.25, 0.3) is 0 Å². The molecule has 0 aliphatic heterocycles. The van der Waals surface area contributed by atoms with Crippen LogP contribution >= 0.6 is 0 Å². The first-order valence-electron chi connectivity index (χ1n) is 0.698. The predicted molar refractivity (Wildman–Crippen MR) is 36.7 cm³/mol. The molecule has 0 aliphatic rings. The fourth-order valence-corrected chi connectivity index (χ4v) is 0. The summed E-state index contributed by atoms with van der Waals surface area (Å²) >= 11 is 3.47. The van der Waals surface area contributed by atoms with Gasteiger partial charge in [-0.25, -0.2) is 0 Å². The molecule has 2 N–H and O–H groups in total. The summed E-state index contributed by atoms with van der Waals surface area (Å²) in [6, 6.07) is 0. The third kappa shape index (κ3) is 51.8. The van der Waals surface area contributed by atoms with Gasteiger partial charge in [-0.2, -0.15) is 4.21 Å². The Hall–Kier alpha value is 2.81. The molecule has 0 fully saturated rings. The van der Waals surface area contributed by atoms with Gasteiger partial charge in [-0.05, 0) is 0 Å². The van der Waals surface area contributed by atoms with Gasteiger partial charge in [-0.3, -0.25) is 9.11 Å². The van der Waals surface area contributed by atoms with Crippen LogP contribution in [-0.4, -0.2) is 88.8 Å². The SMILES string of the molecule is O=S(O)(O)=S.[Ca+2].[Ca+2].[H-].[H-].[H-].[H-]. The zero-order chi connectivity index (χ0) is 4.50. The summed E-state index contributed by atoms with van der Waals surface area (Å²) in [5.41, 5.74) is 0. The third-order valence-electron chi connectivity index (χ3n) is 0. The van der Waals surface area contributed by atoms with Crippen LogP contribution in [0.3, 0.4) is 0 Å². The molecule has 3 nitrogen and oxygen atoms in total. The Labute approximate surface area is 113 Å². The Bertz CT molecular complexity index is 105. The fourth-order valence-electron chi connectivity index (χ4n) is 0. The number of rotatable bonds is 0. The molecule has 0 saturated carbocycles. The molecule has 0 atom stereocenters. The summed E-state index contributed by atoms with van der Waals surface area (Å²) in [6.07, 6.45) is 0. The van der Waals surface area contributed by atoms with Gasteiger partial charge in [0, 0.05) is 11.2 Å². The van der Waals surface area contributed by atoms with Crippen LogP contribution in [0.5, 0.6) is 0 Å². The molecule has 0 unspecified atom stereocenters. The number of hydrogen-bond donors (Lipinski definition) is 2. The zero-order valence-corrected chi connectivity index (χ0v) is 9.58. The van der Waals surface area contributed by atoms with Crippen molar-refractivity contribution in [1.29, 1.82) is 0 Å². The summed E-state index contributed by atoms with van der Waals surface area (Å²) in [5, 5.41) is 0. The minimum Gasteiger partial charge on any atom is -1.00 e. The van der Waals surface area contributed by atoms with Crippen LogP contribution in [0, 0.1) is 0 Å². The van der Waals surface area contributed by atoms with E-state index in [1.165, 1.54) is 0 Å². The summed E-state index contributed by atoms with van der Waals surface area (Å²) in [6.45, 7) is 0. The van der Waals surface area contributed by atoms with E-state index in [2.05, 4.69) is 11.2 Å². The minimum atomic E-state index is -3.83. The van der Waals surface area contributed by atoms with E-state index in [0.717, 1.165) is 0 Å². The maximum absolute atomic E-state index is 9.11. The van der Waals surface area contributed by atoms with Crippen molar-refractivity contribution in [3.8, 4) is 0 Å². The van der Waals surface area contributed by atoms with E-state index in [1.807, 2.05) is 0 Å². The normalized spacial score (nSPS) is 8.29. The van der Waals surface area contributed by atoms with E-state index in [9.17, 15) is 0 Å². The largest absolute Gasteiger partial charge is 2.00 e. The Morgan fingerprint density at radius 1 is 1.43 bits per heavy atom. The van der Waals surface area contributed by atoms with Crippen LogP contribution in [-0.2, 0) is 20.2 Å². The van der Waals surface area contributed by atoms with E-state index >= 15 is 0 Å². The van der Waals surface area contributed by atoms with Crippen molar-refractivity contribution >= 4 is 95.7 Å². The van der Waals surface area contributed by atoms with Gasteiger partial charge in [-0.1, -0.05) is 0 Å². The second-order valence-electron chi connectivity index (χ2n) is 0.448. The summed E-state index contributed by atoms with van der Waals surface area (Å²) in [7, 11) is -3.83. The molecule has 0 rings (SSSR count). The van der Waals surface area contributed by atoms with Crippen molar-refractivity contribution in [3.05, 3.63) is 0 Å². The molecule has 0 amide bonds. The molecular formula is H6Ca2O3S2. The molecule has 0 spiro atoms. The van der Waals surface area contributed by atoms with Gasteiger partial charge in [-0.15, -0.1) is 0 Å². The summed E-state index contributed by atoms with van der Waals surface area (Å²) in [5.74, 6) is 0. The van der Waals surface area contributed by atoms with Crippen molar-refractivity contribution in [2.45, 2.75) is 0 Å². The van der Waals surface area contributed by atoms with E-state index in [4.69, 9.17) is 13.3 Å². The predicted octanol–water partition coefficient (Wildman–Crippen LogP) is -0.633. The minimum absolute atomic E-state index is 0. The molecule has 7 heteroatoms. The van der Waals surface area contributed by atoms with Crippen molar-refractivity contribution in [2.24, 2.45) is 0 Å². The molecule has 0 bridgehead atoms. The molecule has 0 heterocycles. The van der Waals surface area contributed by atoms with Gasteiger partial charge in [0.05, 0.1) is 0 Å². The molecule has 0 aliphatic carbocycles. The van der Waals surface area contributed by atoms with E-state index < -0.39 is 9.05 Å². The molecule has 0 aromatic heterocycles. The maximum Gasteiger partial charge on any atom is 2.00 e. The standard InChI is InChI=1S/2Ca.H2O3S2.4H/c;;1-5(2,3)4;;;;/h;;(H2,1,2,3,4);;;;/q2*+2;;4*-1. The molecular weight excluding hydrogens is 192 g/mol.